The summed E-state index contributed by atoms with van der Waals surface area (Å²) in [4.78, 5) is 14.5. The molecule has 0 bridgehead atoms. The SMILES string of the molecule is CC1CN(C(=O)c2cccc(-n3cnnn3)c2)C(C)CO1. The van der Waals surface area contributed by atoms with Crippen LogP contribution in [0.4, 0.5) is 0 Å². The molecule has 1 aromatic heterocycles. The van der Waals surface area contributed by atoms with Crippen molar-refractivity contribution in [3.8, 4) is 5.69 Å². The van der Waals surface area contributed by atoms with Crippen molar-refractivity contribution >= 4 is 5.91 Å². The van der Waals surface area contributed by atoms with Crippen LogP contribution in [0.1, 0.15) is 24.2 Å². The molecule has 7 heteroatoms. The van der Waals surface area contributed by atoms with Crippen molar-refractivity contribution in [1.29, 1.82) is 0 Å². The Kier molecular flexibility index (Phi) is 3.66. The van der Waals surface area contributed by atoms with E-state index < -0.39 is 0 Å². The molecule has 1 aliphatic heterocycles. The van der Waals surface area contributed by atoms with Crippen LogP contribution in [0.25, 0.3) is 5.69 Å². The molecule has 1 aromatic carbocycles. The third-order valence-corrected chi connectivity index (χ3v) is 3.58. The fourth-order valence-corrected chi connectivity index (χ4v) is 2.41. The van der Waals surface area contributed by atoms with Crippen molar-refractivity contribution in [2.24, 2.45) is 0 Å². The molecule has 0 spiro atoms. The molecule has 2 heterocycles. The number of hydrogen-bond acceptors (Lipinski definition) is 5. The van der Waals surface area contributed by atoms with Crippen LogP contribution < -0.4 is 0 Å². The molecule has 0 saturated carbocycles. The fraction of sp³-hybridized carbons (Fsp3) is 0.429. The van der Waals surface area contributed by atoms with Gasteiger partial charge in [0.05, 0.1) is 24.4 Å². The van der Waals surface area contributed by atoms with Crippen molar-refractivity contribution in [2.75, 3.05) is 13.2 Å². The van der Waals surface area contributed by atoms with Gasteiger partial charge in [-0.05, 0) is 42.5 Å². The first-order valence-corrected chi connectivity index (χ1v) is 6.91. The Hall–Kier alpha value is -2.28. The summed E-state index contributed by atoms with van der Waals surface area (Å²) in [5.74, 6) is 0.00701. The molecular formula is C14H17N5O2. The largest absolute Gasteiger partial charge is 0.375 e. The summed E-state index contributed by atoms with van der Waals surface area (Å²) >= 11 is 0. The topological polar surface area (TPSA) is 73.1 Å². The first-order chi connectivity index (χ1) is 10.1. The number of morpholine rings is 1. The third-order valence-electron chi connectivity index (χ3n) is 3.58. The normalized spacial score (nSPS) is 22.3. The fourth-order valence-electron chi connectivity index (χ4n) is 2.41. The summed E-state index contributed by atoms with van der Waals surface area (Å²) in [7, 11) is 0. The first kappa shape index (κ1) is 13.7. The highest BCUT2D eigenvalue weighted by molar-refractivity contribution is 5.95. The van der Waals surface area contributed by atoms with Gasteiger partial charge in [0, 0.05) is 12.1 Å². The van der Waals surface area contributed by atoms with Crippen LogP contribution in [0.15, 0.2) is 30.6 Å². The van der Waals surface area contributed by atoms with Gasteiger partial charge in [-0.25, -0.2) is 4.68 Å². The van der Waals surface area contributed by atoms with Gasteiger partial charge in [-0.3, -0.25) is 4.79 Å². The summed E-state index contributed by atoms with van der Waals surface area (Å²) in [6.45, 7) is 5.15. The number of carbonyl (C=O) groups excluding carboxylic acids is 1. The summed E-state index contributed by atoms with van der Waals surface area (Å²) in [6, 6.07) is 7.37. The Balaban J connectivity index is 1.86. The Morgan fingerprint density at radius 3 is 3.00 bits per heavy atom. The molecule has 0 N–H and O–H groups in total. The van der Waals surface area contributed by atoms with Gasteiger partial charge in [0.25, 0.3) is 5.91 Å². The van der Waals surface area contributed by atoms with E-state index in [1.165, 1.54) is 11.0 Å². The second-order valence-corrected chi connectivity index (χ2v) is 5.26. The maximum atomic E-state index is 12.7. The van der Waals surface area contributed by atoms with Crippen LogP contribution in [0.2, 0.25) is 0 Å². The van der Waals surface area contributed by atoms with E-state index in [2.05, 4.69) is 15.5 Å². The molecule has 2 atom stereocenters. The Labute approximate surface area is 122 Å². The minimum absolute atomic E-state index is 0.00701. The van der Waals surface area contributed by atoms with Crippen LogP contribution >= 0.6 is 0 Å². The van der Waals surface area contributed by atoms with Crippen molar-refractivity contribution in [1.82, 2.24) is 25.1 Å². The van der Waals surface area contributed by atoms with E-state index >= 15 is 0 Å². The van der Waals surface area contributed by atoms with Crippen LogP contribution in [-0.2, 0) is 4.74 Å². The molecule has 3 rings (SSSR count). The van der Waals surface area contributed by atoms with Gasteiger partial charge in [0.1, 0.15) is 6.33 Å². The lowest BCUT2D eigenvalue weighted by Crippen LogP contribution is -2.50. The summed E-state index contributed by atoms with van der Waals surface area (Å²) in [6.07, 6.45) is 1.57. The molecule has 1 saturated heterocycles. The summed E-state index contributed by atoms with van der Waals surface area (Å²) in [5, 5.41) is 11.0. The minimum Gasteiger partial charge on any atom is -0.375 e. The Morgan fingerprint density at radius 2 is 2.24 bits per heavy atom. The molecule has 1 fully saturated rings. The monoisotopic (exact) mass is 287 g/mol. The van der Waals surface area contributed by atoms with E-state index in [0.29, 0.717) is 18.7 Å². The molecule has 21 heavy (non-hydrogen) atoms. The highest BCUT2D eigenvalue weighted by Crippen LogP contribution is 2.17. The van der Waals surface area contributed by atoms with Gasteiger partial charge < -0.3 is 9.64 Å². The number of aromatic nitrogens is 4. The Bertz CT molecular complexity index is 628. The van der Waals surface area contributed by atoms with Crippen molar-refractivity contribution in [3.05, 3.63) is 36.2 Å². The predicted molar refractivity (Wildman–Crippen MR) is 75.1 cm³/mol. The van der Waals surface area contributed by atoms with Crippen LogP contribution in [0.5, 0.6) is 0 Å². The molecule has 110 valence electrons. The summed E-state index contributed by atoms with van der Waals surface area (Å²) in [5.41, 5.74) is 1.39. The highest BCUT2D eigenvalue weighted by Gasteiger charge is 2.28. The predicted octanol–water partition coefficient (Wildman–Crippen LogP) is 0.912. The second kappa shape index (κ2) is 5.61. The van der Waals surface area contributed by atoms with E-state index in [9.17, 15) is 4.79 Å². The smallest absolute Gasteiger partial charge is 0.254 e. The average molecular weight is 287 g/mol. The van der Waals surface area contributed by atoms with Gasteiger partial charge in [0.2, 0.25) is 0 Å². The molecule has 0 radical (unpaired) electrons. The Morgan fingerprint density at radius 1 is 1.38 bits per heavy atom. The highest BCUT2D eigenvalue weighted by atomic mass is 16.5. The number of nitrogens with zero attached hydrogens (tertiary/aromatic N) is 5. The lowest BCUT2D eigenvalue weighted by Gasteiger charge is -2.36. The lowest BCUT2D eigenvalue weighted by atomic mass is 10.1. The number of ether oxygens (including phenoxy) is 1. The van der Waals surface area contributed by atoms with E-state index in [0.717, 1.165) is 5.69 Å². The molecule has 0 aliphatic carbocycles. The van der Waals surface area contributed by atoms with E-state index in [4.69, 9.17) is 4.74 Å². The van der Waals surface area contributed by atoms with Crippen molar-refractivity contribution in [3.63, 3.8) is 0 Å². The molecule has 1 amide bonds. The zero-order chi connectivity index (χ0) is 14.8. The number of benzene rings is 1. The molecule has 2 unspecified atom stereocenters. The van der Waals surface area contributed by atoms with Gasteiger partial charge >= 0.3 is 0 Å². The van der Waals surface area contributed by atoms with Crippen LogP contribution in [0.3, 0.4) is 0 Å². The van der Waals surface area contributed by atoms with Gasteiger partial charge in [-0.1, -0.05) is 6.07 Å². The van der Waals surface area contributed by atoms with Crippen LogP contribution in [0, 0.1) is 0 Å². The van der Waals surface area contributed by atoms with Crippen molar-refractivity contribution < 1.29 is 9.53 Å². The lowest BCUT2D eigenvalue weighted by molar-refractivity contribution is -0.0387. The van der Waals surface area contributed by atoms with E-state index in [1.807, 2.05) is 36.9 Å². The molecule has 7 nitrogen and oxygen atoms in total. The zero-order valence-corrected chi connectivity index (χ0v) is 12.0. The molecular weight excluding hydrogens is 270 g/mol. The molecule has 2 aromatic rings. The zero-order valence-electron chi connectivity index (χ0n) is 12.0. The minimum atomic E-state index is 0.00701. The number of carbonyl (C=O) groups is 1. The standard InChI is InChI=1S/C14H17N5O2/c1-10-8-21-11(2)7-18(10)14(20)12-4-3-5-13(6-12)19-9-15-16-17-19/h3-6,9-11H,7-8H2,1-2H3. The van der Waals surface area contributed by atoms with E-state index in [-0.39, 0.29) is 18.1 Å². The number of hydrogen-bond donors (Lipinski definition) is 0. The van der Waals surface area contributed by atoms with Gasteiger partial charge in [0.15, 0.2) is 0 Å². The average Bonchev–Trinajstić information content (AvgIpc) is 3.03. The summed E-state index contributed by atoms with van der Waals surface area (Å²) < 4.78 is 7.09. The van der Waals surface area contributed by atoms with Gasteiger partial charge in [-0.2, -0.15) is 0 Å². The molecule has 1 aliphatic rings. The number of rotatable bonds is 2. The third kappa shape index (κ3) is 2.78. The quantitative estimate of drug-likeness (QED) is 0.821. The number of tetrazole rings is 1. The van der Waals surface area contributed by atoms with Gasteiger partial charge in [-0.15, -0.1) is 5.10 Å². The maximum Gasteiger partial charge on any atom is 0.254 e. The second-order valence-electron chi connectivity index (χ2n) is 5.26. The first-order valence-electron chi connectivity index (χ1n) is 6.91. The van der Waals surface area contributed by atoms with E-state index in [1.54, 1.807) is 6.07 Å². The van der Waals surface area contributed by atoms with Crippen LogP contribution in [-0.4, -0.2) is 56.3 Å². The number of amides is 1. The van der Waals surface area contributed by atoms with Crippen molar-refractivity contribution in [2.45, 2.75) is 26.0 Å². The maximum absolute atomic E-state index is 12.7.